The molecule has 2 heterocycles. The summed E-state index contributed by atoms with van der Waals surface area (Å²) in [7, 11) is 0. The van der Waals surface area contributed by atoms with Crippen LogP contribution in [0.25, 0.3) is 0 Å². The molecule has 1 amide bonds. The van der Waals surface area contributed by atoms with Gasteiger partial charge in [-0.05, 0) is 61.4 Å². The van der Waals surface area contributed by atoms with Gasteiger partial charge in [0.05, 0.1) is 0 Å². The Morgan fingerprint density at radius 2 is 2.00 bits per heavy atom. The molecule has 1 N–H and O–H groups in total. The summed E-state index contributed by atoms with van der Waals surface area (Å²) >= 11 is 0. The summed E-state index contributed by atoms with van der Waals surface area (Å²) in [4.78, 5) is 42.7. The minimum Gasteiger partial charge on any atom is -0.482 e. The third-order valence-corrected chi connectivity index (χ3v) is 5.82. The summed E-state index contributed by atoms with van der Waals surface area (Å²) in [5.41, 5.74) is 1.72. The molecule has 2 aromatic rings. The van der Waals surface area contributed by atoms with Crippen LogP contribution in [-0.2, 0) is 25.5 Å². The van der Waals surface area contributed by atoms with Crippen molar-refractivity contribution < 1.29 is 29.0 Å². The van der Waals surface area contributed by atoms with E-state index in [1.54, 1.807) is 35.5 Å². The van der Waals surface area contributed by atoms with E-state index < -0.39 is 30.7 Å². The minimum atomic E-state index is -1.07. The van der Waals surface area contributed by atoms with E-state index in [0.29, 0.717) is 37.1 Å². The normalized spacial score (nSPS) is 16.7. The number of hydrogen-bond donors (Lipinski definition) is 1. The second kappa shape index (κ2) is 12.2. The highest BCUT2D eigenvalue weighted by molar-refractivity contribution is 5.85. The Labute approximate surface area is 199 Å². The number of hydrogen-bond acceptors (Lipinski definition) is 6. The van der Waals surface area contributed by atoms with E-state index in [-0.39, 0.29) is 11.8 Å². The number of amides is 1. The summed E-state index contributed by atoms with van der Waals surface area (Å²) in [6, 6.07) is 10.1. The van der Waals surface area contributed by atoms with E-state index in [1.165, 1.54) is 0 Å². The number of carbonyl (C=O) groups excluding carboxylic acids is 2. The Morgan fingerprint density at radius 1 is 1.18 bits per heavy atom. The highest BCUT2D eigenvalue weighted by Crippen LogP contribution is 2.29. The highest BCUT2D eigenvalue weighted by atomic mass is 16.5. The van der Waals surface area contributed by atoms with Crippen LogP contribution >= 0.6 is 0 Å². The number of aliphatic carboxylic acids is 1. The SMILES string of the molecule is CC(C)C(=O)N1CCCC[C@H]1C(=O)O[C@H](CCc1cccnc1)c1cccc(OCC(=O)O)c1. The van der Waals surface area contributed by atoms with Gasteiger partial charge in [0.1, 0.15) is 17.9 Å². The number of esters is 1. The zero-order chi connectivity index (χ0) is 24.5. The number of benzene rings is 1. The van der Waals surface area contributed by atoms with Gasteiger partial charge in [0.15, 0.2) is 6.61 Å². The number of carboxylic acid groups (broad SMARTS) is 1. The van der Waals surface area contributed by atoms with Gasteiger partial charge in [-0.25, -0.2) is 9.59 Å². The Kier molecular flexibility index (Phi) is 9.01. The lowest BCUT2D eigenvalue weighted by atomic mass is 9.99. The van der Waals surface area contributed by atoms with Gasteiger partial charge < -0.3 is 19.5 Å². The first kappa shape index (κ1) is 25.2. The molecule has 8 heteroatoms. The average Bonchev–Trinajstić information content (AvgIpc) is 2.85. The van der Waals surface area contributed by atoms with Crippen LogP contribution in [0.4, 0.5) is 0 Å². The van der Waals surface area contributed by atoms with Crippen LogP contribution in [0.5, 0.6) is 5.75 Å². The zero-order valence-electron chi connectivity index (χ0n) is 19.7. The van der Waals surface area contributed by atoms with Gasteiger partial charge in [-0.3, -0.25) is 9.78 Å². The number of piperidine rings is 1. The van der Waals surface area contributed by atoms with Crippen LogP contribution in [0.3, 0.4) is 0 Å². The van der Waals surface area contributed by atoms with E-state index in [0.717, 1.165) is 18.4 Å². The smallest absolute Gasteiger partial charge is 0.341 e. The number of carbonyl (C=O) groups is 3. The molecule has 1 saturated heterocycles. The molecule has 2 atom stereocenters. The Bertz CT molecular complexity index is 978. The van der Waals surface area contributed by atoms with Crippen molar-refractivity contribution in [3.05, 3.63) is 59.9 Å². The van der Waals surface area contributed by atoms with E-state index in [2.05, 4.69) is 4.98 Å². The molecule has 3 rings (SSSR count). The van der Waals surface area contributed by atoms with Crippen LogP contribution in [0, 0.1) is 5.92 Å². The van der Waals surface area contributed by atoms with E-state index in [4.69, 9.17) is 14.6 Å². The first-order chi connectivity index (χ1) is 16.3. The van der Waals surface area contributed by atoms with Crippen molar-refractivity contribution in [1.29, 1.82) is 0 Å². The van der Waals surface area contributed by atoms with Crippen LogP contribution in [-0.4, -0.2) is 52.0 Å². The van der Waals surface area contributed by atoms with Gasteiger partial charge >= 0.3 is 11.9 Å². The molecule has 182 valence electrons. The molecule has 34 heavy (non-hydrogen) atoms. The number of likely N-dealkylation sites (tertiary alicyclic amines) is 1. The molecule has 0 aliphatic carbocycles. The largest absolute Gasteiger partial charge is 0.482 e. The molecule has 1 aromatic heterocycles. The zero-order valence-corrected chi connectivity index (χ0v) is 19.7. The number of ether oxygens (including phenoxy) is 2. The lowest BCUT2D eigenvalue weighted by molar-refractivity contribution is -0.163. The summed E-state index contributed by atoms with van der Waals surface area (Å²) in [5.74, 6) is -1.34. The third-order valence-electron chi connectivity index (χ3n) is 5.82. The molecular weight excluding hydrogens is 436 g/mol. The molecule has 0 radical (unpaired) electrons. The topological polar surface area (TPSA) is 106 Å². The number of nitrogens with zero attached hydrogens (tertiary/aromatic N) is 2. The van der Waals surface area contributed by atoms with Crippen LogP contribution in [0.15, 0.2) is 48.8 Å². The highest BCUT2D eigenvalue weighted by Gasteiger charge is 2.35. The molecule has 8 nitrogen and oxygen atoms in total. The number of aromatic nitrogens is 1. The predicted molar refractivity (Wildman–Crippen MR) is 125 cm³/mol. The second-order valence-electron chi connectivity index (χ2n) is 8.78. The van der Waals surface area contributed by atoms with Crippen molar-refractivity contribution in [1.82, 2.24) is 9.88 Å². The number of rotatable bonds is 10. The summed E-state index contributed by atoms with van der Waals surface area (Å²) in [6.45, 7) is 3.75. The Balaban J connectivity index is 1.80. The fourth-order valence-electron chi connectivity index (χ4n) is 4.08. The summed E-state index contributed by atoms with van der Waals surface area (Å²) < 4.78 is 11.3. The average molecular weight is 469 g/mol. The summed E-state index contributed by atoms with van der Waals surface area (Å²) in [6.07, 6.45) is 6.34. The molecular formula is C26H32N2O6. The molecule has 1 aliphatic rings. The monoisotopic (exact) mass is 468 g/mol. The van der Waals surface area contributed by atoms with Crippen molar-refractivity contribution in [3.63, 3.8) is 0 Å². The first-order valence-electron chi connectivity index (χ1n) is 11.7. The molecule has 0 saturated carbocycles. The first-order valence-corrected chi connectivity index (χ1v) is 11.7. The Hall–Kier alpha value is -3.42. The van der Waals surface area contributed by atoms with Crippen molar-refractivity contribution in [2.75, 3.05) is 13.2 Å². The number of aryl methyl sites for hydroxylation is 1. The minimum absolute atomic E-state index is 0.0439. The lowest BCUT2D eigenvalue weighted by Crippen LogP contribution is -2.50. The molecule has 0 bridgehead atoms. The van der Waals surface area contributed by atoms with Crippen molar-refractivity contribution in [2.24, 2.45) is 5.92 Å². The van der Waals surface area contributed by atoms with Crippen molar-refractivity contribution >= 4 is 17.8 Å². The van der Waals surface area contributed by atoms with Crippen molar-refractivity contribution in [2.45, 2.75) is 58.1 Å². The fraction of sp³-hybridized carbons (Fsp3) is 0.462. The van der Waals surface area contributed by atoms with Crippen LogP contribution < -0.4 is 4.74 Å². The van der Waals surface area contributed by atoms with Gasteiger partial charge in [-0.1, -0.05) is 32.0 Å². The standard InChI is InChI=1S/C26H32N2O6/c1-18(2)25(31)28-14-4-3-10-22(28)26(32)34-23(12-11-19-7-6-13-27-16-19)20-8-5-9-21(15-20)33-17-24(29)30/h5-9,13,15-16,18,22-23H,3-4,10-12,14,17H2,1-2H3,(H,29,30)/t22-,23+/m0/s1. The van der Waals surface area contributed by atoms with E-state index in [9.17, 15) is 14.4 Å². The summed E-state index contributed by atoms with van der Waals surface area (Å²) in [5, 5.41) is 8.90. The third kappa shape index (κ3) is 7.04. The van der Waals surface area contributed by atoms with Gasteiger partial charge in [0, 0.05) is 24.9 Å². The van der Waals surface area contributed by atoms with Gasteiger partial charge in [-0.2, -0.15) is 0 Å². The second-order valence-corrected chi connectivity index (χ2v) is 8.78. The molecule has 1 fully saturated rings. The number of carboxylic acids is 1. The maximum atomic E-state index is 13.3. The maximum Gasteiger partial charge on any atom is 0.341 e. The predicted octanol–water partition coefficient (Wildman–Crippen LogP) is 3.80. The molecule has 1 aliphatic heterocycles. The van der Waals surface area contributed by atoms with E-state index in [1.807, 2.05) is 32.0 Å². The fourth-order valence-corrected chi connectivity index (χ4v) is 4.08. The van der Waals surface area contributed by atoms with Crippen LogP contribution in [0.1, 0.15) is 56.8 Å². The lowest BCUT2D eigenvalue weighted by Gasteiger charge is -2.36. The van der Waals surface area contributed by atoms with Gasteiger partial charge in [0.2, 0.25) is 5.91 Å². The Morgan fingerprint density at radius 3 is 2.71 bits per heavy atom. The van der Waals surface area contributed by atoms with Gasteiger partial charge in [-0.15, -0.1) is 0 Å². The van der Waals surface area contributed by atoms with E-state index >= 15 is 0 Å². The quantitative estimate of drug-likeness (QED) is 0.529. The van der Waals surface area contributed by atoms with Crippen molar-refractivity contribution in [3.8, 4) is 5.75 Å². The maximum absolute atomic E-state index is 13.3. The molecule has 1 aromatic carbocycles. The molecule has 0 unspecified atom stereocenters. The van der Waals surface area contributed by atoms with Crippen LogP contribution in [0.2, 0.25) is 0 Å². The number of pyridine rings is 1. The van der Waals surface area contributed by atoms with Gasteiger partial charge in [0.25, 0.3) is 0 Å². The molecule has 0 spiro atoms.